The van der Waals surface area contributed by atoms with E-state index in [1.807, 2.05) is 19.0 Å². The third kappa shape index (κ3) is 3.20. The minimum Gasteiger partial charge on any atom is -0.363 e. The average Bonchev–Trinajstić information content (AvgIpc) is 2.19. The lowest BCUT2D eigenvalue weighted by Crippen LogP contribution is -2.22. The molecule has 1 aromatic rings. The van der Waals surface area contributed by atoms with Gasteiger partial charge in [0.25, 0.3) is 5.69 Å². The van der Waals surface area contributed by atoms with E-state index in [0.717, 1.165) is 11.4 Å². The summed E-state index contributed by atoms with van der Waals surface area (Å²) in [5, 5.41) is 10.5. The molecule has 88 valence electrons. The lowest BCUT2D eigenvalue weighted by molar-refractivity contribution is -0.384. The quantitative estimate of drug-likeness (QED) is 0.345. The van der Waals surface area contributed by atoms with Gasteiger partial charge in [0, 0.05) is 38.8 Å². The van der Waals surface area contributed by atoms with Crippen LogP contribution < -0.4 is 0 Å². The molecule has 0 spiro atoms. The normalized spacial score (nSPS) is 10.6. The maximum atomic E-state index is 10.5. The van der Waals surface area contributed by atoms with Crippen LogP contribution in [0.2, 0.25) is 0 Å². The molecule has 0 unspecified atom stereocenters. The third-order valence-electron chi connectivity index (χ3n) is 1.97. The summed E-state index contributed by atoms with van der Waals surface area (Å²) in [5.41, 5.74) is 0.959. The van der Waals surface area contributed by atoms with Gasteiger partial charge >= 0.3 is 0 Å². The van der Waals surface area contributed by atoms with Gasteiger partial charge in [0.1, 0.15) is 5.84 Å². The van der Waals surface area contributed by atoms with E-state index in [9.17, 15) is 10.1 Å². The van der Waals surface area contributed by atoms with Crippen molar-refractivity contribution in [1.82, 2.24) is 4.90 Å². The zero-order valence-electron chi connectivity index (χ0n) is 9.38. The van der Waals surface area contributed by atoms with Crippen molar-refractivity contribution in [2.75, 3.05) is 21.1 Å². The number of halogens is 1. The third-order valence-corrected chi connectivity index (χ3v) is 1.97. The molecular formula is C10H14ClN3O2. The van der Waals surface area contributed by atoms with Gasteiger partial charge in [-0.1, -0.05) is 0 Å². The minimum atomic E-state index is -0.414. The zero-order chi connectivity index (χ0) is 11.4. The molecule has 5 nitrogen and oxygen atoms in total. The van der Waals surface area contributed by atoms with Crippen molar-refractivity contribution in [3.8, 4) is 0 Å². The van der Waals surface area contributed by atoms with E-state index in [1.165, 1.54) is 12.1 Å². The molecule has 0 saturated carbocycles. The number of aliphatic imine (C=N–C) groups is 1. The van der Waals surface area contributed by atoms with Gasteiger partial charge in [0.05, 0.1) is 4.92 Å². The van der Waals surface area contributed by atoms with Crippen molar-refractivity contribution in [2.45, 2.75) is 0 Å². The van der Waals surface area contributed by atoms with E-state index < -0.39 is 4.92 Å². The van der Waals surface area contributed by atoms with E-state index in [0.29, 0.717) is 0 Å². The van der Waals surface area contributed by atoms with Gasteiger partial charge in [0.2, 0.25) is 0 Å². The summed E-state index contributed by atoms with van der Waals surface area (Å²) in [6.45, 7) is 0. The number of nitro benzene ring substituents is 1. The number of nitrogens with zero attached hydrogens (tertiary/aromatic N) is 3. The summed E-state index contributed by atoms with van der Waals surface area (Å²) in [7, 11) is 5.45. The van der Waals surface area contributed by atoms with Crippen LogP contribution in [0.25, 0.3) is 0 Å². The Bertz CT molecular complexity index is 388. The Labute approximate surface area is 100 Å². The Morgan fingerprint density at radius 3 is 2.12 bits per heavy atom. The van der Waals surface area contributed by atoms with Crippen LogP contribution in [-0.4, -0.2) is 36.8 Å². The molecule has 0 atom stereocenters. The van der Waals surface area contributed by atoms with E-state index in [4.69, 9.17) is 0 Å². The molecule has 0 aliphatic rings. The summed E-state index contributed by atoms with van der Waals surface area (Å²) < 4.78 is 0. The van der Waals surface area contributed by atoms with E-state index in [-0.39, 0.29) is 18.1 Å². The molecule has 6 heteroatoms. The molecule has 0 aromatic heterocycles. The van der Waals surface area contributed by atoms with Crippen molar-refractivity contribution >= 4 is 23.9 Å². The van der Waals surface area contributed by atoms with Gasteiger partial charge < -0.3 is 4.90 Å². The van der Waals surface area contributed by atoms with Crippen LogP contribution in [0.1, 0.15) is 5.56 Å². The molecule has 16 heavy (non-hydrogen) atoms. The molecule has 0 radical (unpaired) electrons. The van der Waals surface area contributed by atoms with Crippen molar-refractivity contribution < 1.29 is 4.92 Å². The van der Waals surface area contributed by atoms with E-state index in [2.05, 4.69) is 4.99 Å². The molecule has 0 N–H and O–H groups in total. The van der Waals surface area contributed by atoms with Crippen LogP contribution >= 0.6 is 12.4 Å². The minimum absolute atomic E-state index is 0. The first-order valence-corrected chi connectivity index (χ1v) is 4.45. The van der Waals surface area contributed by atoms with Gasteiger partial charge in [-0.05, 0) is 12.1 Å². The first-order chi connectivity index (χ1) is 7.06. The van der Waals surface area contributed by atoms with Crippen LogP contribution in [0.15, 0.2) is 29.3 Å². The second-order valence-corrected chi connectivity index (χ2v) is 3.25. The van der Waals surface area contributed by atoms with Gasteiger partial charge in [-0.25, -0.2) is 0 Å². The first kappa shape index (κ1) is 14.4. The first-order valence-electron chi connectivity index (χ1n) is 4.45. The van der Waals surface area contributed by atoms with Crippen molar-refractivity contribution in [2.24, 2.45) is 4.99 Å². The predicted octanol–water partition coefficient (Wildman–Crippen LogP) is 1.95. The summed E-state index contributed by atoms with van der Waals surface area (Å²) in [6.07, 6.45) is 0. The molecule has 0 amide bonds. The molecule has 0 aliphatic carbocycles. The molecule has 0 saturated heterocycles. The number of benzene rings is 1. The molecule has 0 bridgehead atoms. The Hall–Kier alpha value is -1.62. The van der Waals surface area contributed by atoms with Crippen LogP contribution in [-0.2, 0) is 0 Å². The Kier molecular flexibility index (Phi) is 5.46. The zero-order valence-corrected chi connectivity index (χ0v) is 10.2. The van der Waals surface area contributed by atoms with E-state index >= 15 is 0 Å². The molecular weight excluding hydrogens is 230 g/mol. The average molecular weight is 244 g/mol. The summed E-state index contributed by atoms with van der Waals surface area (Å²) in [5.74, 6) is 0.796. The highest BCUT2D eigenvalue weighted by molar-refractivity contribution is 5.98. The fourth-order valence-corrected chi connectivity index (χ4v) is 1.32. The Morgan fingerprint density at radius 1 is 1.31 bits per heavy atom. The number of non-ortho nitro benzene ring substituents is 1. The fraction of sp³-hybridized carbons (Fsp3) is 0.300. The number of hydrogen-bond acceptors (Lipinski definition) is 3. The van der Waals surface area contributed by atoms with Crippen LogP contribution in [0.3, 0.4) is 0 Å². The molecule has 1 aromatic carbocycles. The summed E-state index contributed by atoms with van der Waals surface area (Å²) in [4.78, 5) is 16.0. The number of amidine groups is 1. The second kappa shape index (κ2) is 6.07. The predicted molar refractivity (Wildman–Crippen MR) is 66.5 cm³/mol. The monoisotopic (exact) mass is 243 g/mol. The lowest BCUT2D eigenvalue weighted by Gasteiger charge is -2.14. The highest BCUT2D eigenvalue weighted by atomic mass is 35.5. The van der Waals surface area contributed by atoms with Crippen molar-refractivity contribution in [3.63, 3.8) is 0 Å². The van der Waals surface area contributed by atoms with E-state index in [1.54, 1.807) is 19.2 Å². The highest BCUT2D eigenvalue weighted by Gasteiger charge is 2.08. The maximum Gasteiger partial charge on any atom is 0.269 e. The molecule has 1 rings (SSSR count). The SMILES string of the molecule is CN=C(c1ccc([N+](=O)[O-])cc1)N(C)C.Cl. The largest absolute Gasteiger partial charge is 0.363 e. The number of nitro groups is 1. The Balaban J connectivity index is 0.00000225. The smallest absolute Gasteiger partial charge is 0.269 e. The summed E-state index contributed by atoms with van der Waals surface area (Å²) in [6, 6.07) is 6.34. The van der Waals surface area contributed by atoms with Crippen molar-refractivity contribution in [1.29, 1.82) is 0 Å². The molecule has 0 heterocycles. The Morgan fingerprint density at radius 2 is 1.81 bits per heavy atom. The van der Waals surface area contributed by atoms with Crippen molar-refractivity contribution in [3.05, 3.63) is 39.9 Å². The van der Waals surface area contributed by atoms with Gasteiger partial charge in [0.15, 0.2) is 0 Å². The van der Waals surface area contributed by atoms with Crippen LogP contribution in [0.4, 0.5) is 5.69 Å². The van der Waals surface area contributed by atoms with Gasteiger partial charge in [-0.2, -0.15) is 0 Å². The van der Waals surface area contributed by atoms with Crippen LogP contribution in [0.5, 0.6) is 0 Å². The number of rotatable bonds is 2. The topological polar surface area (TPSA) is 58.7 Å². The van der Waals surface area contributed by atoms with Gasteiger partial charge in [-0.15, -0.1) is 12.4 Å². The second-order valence-electron chi connectivity index (χ2n) is 3.25. The highest BCUT2D eigenvalue weighted by Crippen LogP contribution is 2.13. The molecule has 0 fully saturated rings. The fourth-order valence-electron chi connectivity index (χ4n) is 1.32. The molecule has 0 aliphatic heterocycles. The lowest BCUT2D eigenvalue weighted by atomic mass is 10.2. The standard InChI is InChI=1S/C10H13N3O2.ClH/c1-11-10(12(2)3)8-4-6-9(7-5-8)13(14)15;/h4-7H,1-3H3;1H. The maximum absolute atomic E-state index is 10.5. The van der Waals surface area contributed by atoms with Gasteiger partial charge in [-0.3, -0.25) is 15.1 Å². The number of hydrogen-bond donors (Lipinski definition) is 0. The van der Waals surface area contributed by atoms with Crippen LogP contribution in [0, 0.1) is 10.1 Å². The summed E-state index contributed by atoms with van der Waals surface area (Å²) >= 11 is 0.